The van der Waals surface area contributed by atoms with Crippen molar-refractivity contribution >= 4 is 5.91 Å². The zero-order valence-electron chi connectivity index (χ0n) is 11.8. The molecule has 1 atom stereocenters. The number of aryl methyl sites for hydroxylation is 1. The van der Waals surface area contributed by atoms with E-state index in [-0.39, 0.29) is 12.0 Å². The number of ether oxygens (including phenoxy) is 1. The minimum absolute atomic E-state index is 0.152. The molecule has 0 spiro atoms. The lowest BCUT2D eigenvalue weighted by atomic mass is 10.1. The number of nitrogens with one attached hydrogen (secondary N) is 1. The Morgan fingerprint density at radius 2 is 2.05 bits per heavy atom. The quantitative estimate of drug-likeness (QED) is 0.880. The molecule has 4 nitrogen and oxygen atoms in total. The van der Waals surface area contributed by atoms with Crippen molar-refractivity contribution in [1.82, 2.24) is 5.32 Å². The highest BCUT2D eigenvalue weighted by molar-refractivity contribution is 5.92. The van der Waals surface area contributed by atoms with Crippen molar-refractivity contribution in [2.24, 2.45) is 0 Å². The number of amides is 1. The minimum Gasteiger partial charge on any atom is -0.459 e. The van der Waals surface area contributed by atoms with Crippen LogP contribution in [0.5, 0.6) is 0 Å². The molecule has 1 heterocycles. The van der Waals surface area contributed by atoms with Gasteiger partial charge in [-0.3, -0.25) is 4.79 Å². The molecular weight excluding hydrogens is 254 g/mol. The zero-order valence-corrected chi connectivity index (χ0v) is 11.8. The molecule has 0 aliphatic rings. The Labute approximate surface area is 118 Å². The Hall–Kier alpha value is -2.07. The van der Waals surface area contributed by atoms with E-state index in [4.69, 9.17) is 9.15 Å². The number of hydrogen-bond donors (Lipinski definition) is 1. The Bertz CT molecular complexity index is 548. The second-order valence-electron chi connectivity index (χ2n) is 4.50. The molecule has 1 amide bonds. The fourth-order valence-corrected chi connectivity index (χ4v) is 2.01. The summed E-state index contributed by atoms with van der Waals surface area (Å²) in [6.45, 7) is 4.79. The maximum Gasteiger partial charge on any atom is 0.287 e. The summed E-state index contributed by atoms with van der Waals surface area (Å²) in [5.41, 5.74) is 1.88. The summed E-state index contributed by atoms with van der Waals surface area (Å²) in [6.07, 6.45) is 1.36. The highest BCUT2D eigenvalue weighted by atomic mass is 16.5. The Balaban J connectivity index is 1.99. The van der Waals surface area contributed by atoms with Gasteiger partial charge in [-0.15, -0.1) is 0 Å². The molecule has 0 saturated heterocycles. The topological polar surface area (TPSA) is 51.5 Å². The molecule has 20 heavy (non-hydrogen) atoms. The summed E-state index contributed by atoms with van der Waals surface area (Å²) in [7, 11) is 0. The average Bonchev–Trinajstić information content (AvgIpc) is 2.90. The van der Waals surface area contributed by atoms with Gasteiger partial charge in [0.2, 0.25) is 0 Å². The van der Waals surface area contributed by atoms with Gasteiger partial charge in [-0.25, -0.2) is 0 Å². The summed E-state index contributed by atoms with van der Waals surface area (Å²) >= 11 is 0. The third kappa shape index (κ3) is 3.48. The van der Waals surface area contributed by atoms with Crippen LogP contribution in [0.15, 0.2) is 47.1 Å². The van der Waals surface area contributed by atoms with Crippen molar-refractivity contribution in [3.8, 4) is 0 Å². The lowest BCUT2D eigenvalue weighted by Crippen LogP contribution is -2.29. The van der Waals surface area contributed by atoms with Gasteiger partial charge in [0.1, 0.15) is 0 Å². The molecule has 4 heteroatoms. The number of hydrogen-bond acceptors (Lipinski definition) is 3. The van der Waals surface area contributed by atoms with E-state index in [0.717, 1.165) is 11.1 Å². The van der Waals surface area contributed by atoms with Crippen LogP contribution in [-0.2, 0) is 4.74 Å². The van der Waals surface area contributed by atoms with Gasteiger partial charge in [0.15, 0.2) is 5.76 Å². The van der Waals surface area contributed by atoms with Gasteiger partial charge in [0, 0.05) is 18.7 Å². The van der Waals surface area contributed by atoms with E-state index in [0.29, 0.717) is 18.9 Å². The van der Waals surface area contributed by atoms with Crippen molar-refractivity contribution in [2.45, 2.75) is 20.0 Å². The van der Waals surface area contributed by atoms with Crippen LogP contribution in [0.1, 0.15) is 34.7 Å². The van der Waals surface area contributed by atoms with E-state index in [1.54, 1.807) is 6.07 Å². The fraction of sp³-hybridized carbons (Fsp3) is 0.312. The highest BCUT2D eigenvalue weighted by Crippen LogP contribution is 2.16. The standard InChI is InChI=1S/C16H19NO3/c1-3-19-14(13-7-5-4-6-8-13)11-17-16(18)15-12(2)9-10-20-15/h4-10,14H,3,11H2,1-2H3,(H,17,18)/t14-/m0/s1. The van der Waals surface area contributed by atoms with Gasteiger partial charge in [-0.05, 0) is 25.5 Å². The van der Waals surface area contributed by atoms with Crippen LogP contribution in [0.2, 0.25) is 0 Å². The average molecular weight is 273 g/mol. The van der Waals surface area contributed by atoms with Gasteiger partial charge in [-0.1, -0.05) is 30.3 Å². The number of furan rings is 1. The van der Waals surface area contributed by atoms with Crippen molar-refractivity contribution in [2.75, 3.05) is 13.2 Å². The Kier molecular flexibility index (Phi) is 4.96. The Morgan fingerprint density at radius 3 is 2.65 bits per heavy atom. The number of carbonyl (C=O) groups is 1. The van der Waals surface area contributed by atoms with E-state index in [1.165, 1.54) is 6.26 Å². The molecule has 0 aliphatic heterocycles. The summed E-state index contributed by atoms with van der Waals surface area (Å²) in [6, 6.07) is 11.6. The molecular formula is C16H19NO3. The molecule has 0 bridgehead atoms. The summed E-state index contributed by atoms with van der Waals surface area (Å²) in [5, 5.41) is 2.85. The van der Waals surface area contributed by atoms with Crippen LogP contribution in [-0.4, -0.2) is 19.1 Å². The van der Waals surface area contributed by atoms with E-state index >= 15 is 0 Å². The van der Waals surface area contributed by atoms with E-state index in [9.17, 15) is 4.79 Å². The maximum atomic E-state index is 12.0. The molecule has 0 radical (unpaired) electrons. The van der Waals surface area contributed by atoms with Gasteiger partial charge in [-0.2, -0.15) is 0 Å². The predicted molar refractivity (Wildman–Crippen MR) is 76.6 cm³/mol. The molecule has 2 rings (SSSR count). The summed E-state index contributed by atoms with van der Waals surface area (Å²) < 4.78 is 10.9. The van der Waals surface area contributed by atoms with Gasteiger partial charge < -0.3 is 14.5 Å². The number of carbonyl (C=O) groups excluding carboxylic acids is 1. The lowest BCUT2D eigenvalue weighted by molar-refractivity contribution is 0.0579. The van der Waals surface area contributed by atoms with Crippen molar-refractivity contribution < 1.29 is 13.9 Å². The molecule has 0 fully saturated rings. The van der Waals surface area contributed by atoms with Crippen molar-refractivity contribution in [3.63, 3.8) is 0 Å². The first-order valence-corrected chi connectivity index (χ1v) is 6.71. The van der Waals surface area contributed by atoms with Crippen molar-refractivity contribution in [1.29, 1.82) is 0 Å². The zero-order chi connectivity index (χ0) is 14.4. The van der Waals surface area contributed by atoms with E-state index in [2.05, 4.69) is 5.32 Å². The fourth-order valence-electron chi connectivity index (χ4n) is 2.01. The SMILES string of the molecule is CCO[C@@H](CNC(=O)c1occc1C)c1ccccc1. The lowest BCUT2D eigenvalue weighted by Gasteiger charge is -2.17. The molecule has 0 saturated carbocycles. The first-order chi connectivity index (χ1) is 9.72. The minimum atomic E-state index is -0.215. The predicted octanol–water partition coefficient (Wildman–Crippen LogP) is 3.10. The van der Waals surface area contributed by atoms with Crippen LogP contribution in [0.25, 0.3) is 0 Å². The smallest absolute Gasteiger partial charge is 0.287 e. The summed E-state index contributed by atoms with van der Waals surface area (Å²) in [4.78, 5) is 12.0. The van der Waals surface area contributed by atoms with Crippen molar-refractivity contribution in [3.05, 3.63) is 59.5 Å². The van der Waals surface area contributed by atoms with Gasteiger partial charge in [0.25, 0.3) is 5.91 Å². The van der Waals surface area contributed by atoms with E-state index in [1.807, 2.05) is 44.2 Å². The normalized spacial score (nSPS) is 12.1. The molecule has 0 aliphatic carbocycles. The van der Waals surface area contributed by atoms with E-state index < -0.39 is 0 Å². The second-order valence-corrected chi connectivity index (χ2v) is 4.50. The molecule has 1 N–H and O–H groups in total. The van der Waals surface area contributed by atoms with Crippen LogP contribution in [0.3, 0.4) is 0 Å². The monoisotopic (exact) mass is 273 g/mol. The Morgan fingerprint density at radius 1 is 1.30 bits per heavy atom. The van der Waals surface area contributed by atoms with Crippen LogP contribution >= 0.6 is 0 Å². The molecule has 106 valence electrons. The van der Waals surface area contributed by atoms with Gasteiger partial charge >= 0.3 is 0 Å². The van der Waals surface area contributed by atoms with Crippen LogP contribution in [0.4, 0.5) is 0 Å². The maximum absolute atomic E-state index is 12.0. The first-order valence-electron chi connectivity index (χ1n) is 6.71. The second kappa shape index (κ2) is 6.91. The molecule has 1 aromatic heterocycles. The number of rotatable bonds is 6. The highest BCUT2D eigenvalue weighted by Gasteiger charge is 2.16. The van der Waals surface area contributed by atoms with Crippen LogP contribution in [0, 0.1) is 6.92 Å². The third-order valence-electron chi connectivity index (χ3n) is 3.06. The van der Waals surface area contributed by atoms with Crippen LogP contribution < -0.4 is 5.32 Å². The molecule has 0 unspecified atom stereocenters. The first kappa shape index (κ1) is 14.3. The molecule has 2 aromatic rings. The largest absolute Gasteiger partial charge is 0.459 e. The van der Waals surface area contributed by atoms with Gasteiger partial charge in [0.05, 0.1) is 12.4 Å². The molecule has 1 aromatic carbocycles. The summed E-state index contributed by atoms with van der Waals surface area (Å²) in [5.74, 6) is 0.140. The third-order valence-corrected chi connectivity index (χ3v) is 3.06. The number of benzene rings is 1.